The van der Waals surface area contributed by atoms with Crippen LogP contribution in [-0.4, -0.2) is 0 Å². The van der Waals surface area contributed by atoms with Crippen LogP contribution in [-0.2, 0) is 231 Å². The number of thiol groups is 1. The first-order valence-corrected chi connectivity index (χ1v) is 0. The standard InChI is InChI=1S/8Fe.7H2S/h;;;;;;;;7*1H2/p+5. The van der Waals surface area contributed by atoms with E-state index in [1.54, 1.807) is 0 Å². The molecule has 0 aromatic heterocycles. The van der Waals surface area contributed by atoms with E-state index in [1.807, 2.05) is 0 Å². The van der Waals surface area contributed by atoms with Crippen LogP contribution < -0.4 is 0 Å². The molecule has 0 unspecified atom stereocenters. The maximum atomic E-state index is 0. The maximum absolute atomic E-state index is 0. The van der Waals surface area contributed by atoms with Gasteiger partial charge in [0.15, 0.2) is 0 Å². The molecule has 15 heteroatoms. The molecule has 0 aromatic rings. The quantitative estimate of drug-likeness (QED) is 0.106. The van der Waals surface area contributed by atoms with E-state index in [2.05, 4.69) is 0 Å². The van der Waals surface area contributed by atoms with Crippen molar-refractivity contribution in [2.45, 2.75) is 0 Å². The molecule has 0 radical (unpaired) electrons. The van der Waals surface area contributed by atoms with Crippen LogP contribution in [0.25, 0.3) is 0 Å². The molecule has 0 rings (SSSR count). The summed E-state index contributed by atoms with van der Waals surface area (Å²) in [5, 5.41) is 0. The van der Waals surface area contributed by atoms with Crippen LogP contribution in [0.1, 0.15) is 0 Å². The zero-order valence-electron chi connectivity index (χ0n) is 6.74. The predicted octanol–water partition coefficient (Wildman–Crippen LogP) is -5.12. The Morgan fingerprint density at radius 1 is 0.200 bits per heavy atom. The molecule has 0 atom stereocenters. The summed E-state index contributed by atoms with van der Waals surface area (Å²) in [6, 6.07) is 0. The first-order valence-electron chi connectivity index (χ1n) is 0. The molecule has 120 valence electrons. The van der Waals surface area contributed by atoms with Gasteiger partial charge in [-0.05, 0) is 0 Å². The van der Waals surface area contributed by atoms with Crippen molar-refractivity contribution < 1.29 is 137 Å². The van der Waals surface area contributed by atoms with Crippen LogP contribution in [0.2, 0.25) is 0 Å². The molecule has 0 spiro atoms. The number of hydrogen-bond acceptors (Lipinski definition) is 1. The Labute approximate surface area is 226 Å². The van der Waals surface area contributed by atoms with Crippen LogP contribution in [0.15, 0.2) is 0 Å². The summed E-state index contributed by atoms with van der Waals surface area (Å²) < 4.78 is 0. The van der Waals surface area contributed by atoms with Gasteiger partial charge in [0, 0.05) is 137 Å². The molecule has 0 saturated heterocycles. The summed E-state index contributed by atoms with van der Waals surface area (Å²) in [4.78, 5) is 0. The largest absolute Gasteiger partial charge is 0.813 e. The summed E-state index contributed by atoms with van der Waals surface area (Å²) in [6.45, 7) is 0. The molecule has 0 aliphatic rings. The van der Waals surface area contributed by atoms with E-state index in [4.69, 9.17) is 0 Å². The van der Waals surface area contributed by atoms with E-state index < -0.39 is 0 Å². The fourth-order valence-electron chi connectivity index (χ4n) is 0. The van der Waals surface area contributed by atoms with Crippen molar-refractivity contribution in [1.82, 2.24) is 0 Å². The maximum Gasteiger partial charge on any atom is 0 e. The first-order chi connectivity index (χ1) is 0. The average molecular weight is 690 g/mol. The van der Waals surface area contributed by atoms with E-state index in [0.29, 0.717) is 0 Å². The van der Waals surface area contributed by atoms with E-state index in [-0.39, 0.29) is 231 Å². The zero-order chi connectivity index (χ0) is 0. The molecule has 0 nitrogen and oxygen atoms in total. The van der Waals surface area contributed by atoms with E-state index >= 15 is 0 Å². The Kier molecular flexibility index (Phi) is 2540. The molecule has 0 aliphatic heterocycles. The Morgan fingerprint density at radius 3 is 0.200 bits per heavy atom. The third-order valence-corrected chi connectivity index (χ3v) is 0. The minimum Gasteiger partial charge on any atom is -0.813 e. The predicted molar refractivity (Wildman–Crippen MR) is 78.1 cm³/mol. The third-order valence-electron chi connectivity index (χ3n) is 0. The van der Waals surface area contributed by atoms with Gasteiger partial charge < -0.3 is 13.5 Å². The van der Waals surface area contributed by atoms with Crippen LogP contribution in [0.5, 0.6) is 0 Å². The zero-order valence-corrected chi connectivity index (χ0v) is 23.4. The molecule has 0 saturated carbocycles. The van der Waals surface area contributed by atoms with Gasteiger partial charge in [0.25, 0.3) is 0 Å². The molecule has 0 aromatic carbocycles. The SMILES string of the molecule is [Fe].[Fe].[Fe].[Fe].[Fe].[Fe].[Fe].[Fe].[SH-].[SH3+].[SH3+].[SH3+].[SH3+].[SH3+].[SH3+]. The normalized spacial score (nSPS) is 0. The first kappa shape index (κ1) is 210. The second kappa shape index (κ2) is 182. The van der Waals surface area contributed by atoms with E-state index in [0.717, 1.165) is 0 Å². The Bertz CT molecular complexity index is 15.0. The monoisotopic (exact) mass is 690 g/mol. The Balaban J connectivity index is 0. The van der Waals surface area contributed by atoms with Crippen molar-refractivity contribution in [2.75, 3.05) is 0 Å². The van der Waals surface area contributed by atoms with Gasteiger partial charge in [0.2, 0.25) is 0 Å². The van der Waals surface area contributed by atoms with Gasteiger partial charge >= 0.3 is 0 Å². The molecule has 0 N–H and O–H groups in total. The van der Waals surface area contributed by atoms with Gasteiger partial charge in [-0.2, -0.15) is 0 Å². The summed E-state index contributed by atoms with van der Waals surface area (Å²) in [7, 11) is 0. The number of hydrogen-bond donors (Lipinski definition) is 0. The second-order valence-corrected chi connectivity index (χ2v) is 0. The van der Waals surface area contributed by atoms with Crippen molar-refractivity contribution in [1.29, 1.82) is 0 Å². The molecule has 0 aliphatic carbocycles. The molecule has 15 heavy (non-hydrogen) atoms. The summed E-state index contributed by atoms with van der Waals surface area (Å²) in [5.74, 6) is 0. The second-order valence-electron chi connectivity index (χ2n) is 0. The minimum atomic E-state index is 0. The van der Waals surface area contributed by atoms with E-state index in [9.17, 15) is 0 Å². The van der Waals surface area contributed by atoms with Crippen molar-refractivity contribution in [3.63, 3.8) is 0 Å². The Morgan fingerprint density at radius 2 is 0.200 bits per heavy atom. The molecule has 0 heterocycles. The Hall–Kier alpha value is 6.61. The van der Waals surface area contributed by atoms with Crippen molar-refractivity contribution in [3.8, 4) is 0 Å². The topological polar surface area (TPSA) is 0 Å². The fourth-order valence-corrected chi connectivity index (χ4v) is 0. The van der Waals surface area contributed by atoms with Crippen LogP contribution >= 0.6 is 0 Å². The average Bonchev–Trinajstić information content (AvgIpc) is 0. The third kappa shape index (κ3) is 163. The minimum absolute atomic E-state index is 0. The van der Waals surface area contributed by atoms with Crippen LogP contribution in [0.4, 0.5) is 0 Å². The summed E-state index contributed by atoms with van der Waals surface area (Å²) >= 11 is 0. The summed E-state index contributed by atoms with van der Waals surface area (Å²) in [5.41, 5.74) is 0. The van der Waals surface area contributed by atoms with Crippen LogP contribution in [0, 0.1) is 0 Å². The van der Waals surface area contributed by atoms with Gasteiger partial charge in [0.05, 0.1) is 0 Å². The van der Waals surface area contributed by atoms with Crippen molar-refractivity contribution in [2.24, 2.45) is 0 Å². The van der Waals surface area contributed by atoms with Gasteiger partial charge in [-0.15, -0.1) is 0 Å². The molecule has 0 fully saturated rings. The van der Waals surface area contributed by atoms with Gasteiger partial charge in [0.1, 0.15) is 0 Å². The van der Waals surface area contributed by atoms with Gasteiger partial charge in [-0.3, -0.25) is 0 Å². The van der Waals surface area contributed by atoms with E-state index in [1.165, 1.54) is 0 Å². The smallest absolute Gasteiger partial charge is 0 e. The fraction of sp³-hybridized carbons (Fsp3) is 0. The van der Waals surface area contributed by atoms with Crippen molar-refractivity contribution in [3.05, 3.63) is 0 Å². The molecule has 0 amide bonds. The van der Waals surface area contributed by atoms with Gasteiger partial charge in [-0.1, -0.05) is 81.0 Å². The number of rotatable bonds is 0. The van der Waals surface area contributed by atoms with Crippen LogP contribution in [0.3, 0.4) is 0 Å². The summed E-state index contributed by atoms with van der Waals surface area (Å²) in [6.07, 6.45) is 0. The van der Waals surface area contributed by atoms with Gasteiger partial charge in [-0.25, -0.2) is 0 Å². The molecular formula is H19Fe8S7+5. The molecular weight excluding hydrogens is 671 g/mol. The van der Waals surface area contributed by atoms with Crippen molar-refractivity contribution >= 4 is 94.5 Å². The molecule has 0 bridgehead atoms.